The molecule has 0 atom stereocenters. The first-order chi connectivity index (χ1) is 15.3. The Bertz CT molecular complexity index is 1440. The lowest BCUT2D eigenvalue weighted by Gasteiger charge is -2.13. The standard InChI is InChI=1S/C21H19FN4O5S/c1-12-17-18(29)25(11-16(27)28)21(30)24(20(17)32-19(12)26-8-3-7-23-26)9-6-13-10-14(22)4-5-15(13)31-2/h3-5,7-8,10H,6,9,11H2,1-2H3,(H,27,28). The highest BCUT2D eigenvalue weighted by molar-refractivity contribution is 7.21. The lowest BCUT2D eigenvalue weighted by Crippen LogP contribution is -2.41. The number of hydrogen-bond acceptors (Lipinski definition) is 6. The van der Waals surface area contributed by atoms with E-state index in [-0.39, 0.29) is 18.4 Å². The van der Waals surface area contributed by atoms with Crippen LogP contribution in [0.25, 0.3) is 15.2 Å². The minimum absolute atomic E-state index is 0.0908. The lowest BCUT2D eigenvalue weighted by molar-refractivity contribution is -0.137. The molecule has 0 radical (unpaired) electrons. The molecule has 0 aliphatic rings. The molecule has 3 aromatic heterocycles. The molecule has 1 N–H and O–H groups in total. The number of aromatic nitrogens is 4. The van der Waals surface area contributed by atoms with E-state index in [1.165, 1.54) is 41.2 Å². The van der Waals surface area contributed by atoms with Crippen molar-refractivity contribution in [1.82, 2.24) is 18.9 Å². The van der Waals surface area contributed by atoms with Crippen LogP contribution >= 0.6 is 11.3 Å². The second-order valence-corrected chi connectivity index (χ2v) is 8.07. The first-order valence-electron chi connectivity index (χ1n) is 9.62. The Morgan fingerprint density at radius 1 is 1.28 bits per heavy atom. The summed E-state index contributed by atoms with van der Waals surface area (Å²) in [6.45, 7) is 1.06. The van der Waals surface area contributed by atoms with E-state index in [1.807, 2.05) is 0 Å². The van der Waals surface area contributed by atoms with Gasteiger partial charge in [-0.05, 0) is 43.2 Å². The molecule has 166 valence electrons. The molecule has 0 bridgehead atoms. The van der Waals surface area contributed by atoms with Crippen molar-refractivity contribution < 1.29 is 19.0 Å². The number of ether oxygens (including phenoxy) is 1. The van der Waals surface area contributed by atoms with Crippen molar-refractivity contribution in [2.75, 3.05) is 7.11 Å². The molecular formula is C21H19FN4O5S. The Hall–Kier alpha value is -3.73. The molecule has 0 fully saturated rings. The summed E-state index contributed by atoms with van der Waals surface area (Å²) in [6, 6.07) is 5.83. The largest absolute Gasteiger partial charge is 0.496 e. The minimum Gasteiger partial charge on any atom is -0.496 e. The molecular weight excluding hydrogens is 439 g/mol. The van der Waals surface area contributed by atoms with Crippen LogP contribution in [0.3, 0.4) is 0 Å². The van der Waals surface area contributed by atoms with E-state index in [0.29, 0.717) is 31.3 Å². The van der Waals surface area contributed by atoms with Gasteiger partial charge in [-0.25, -0.2) is 18.4 Å². The van der Waals surface area contributed by atoms with Gasteiger partial charge >= 0.3 is 11.7 Å². The number of benzene rings is 1. The van der Waals surface area contributed by atoms with Crippen LogP contribution in [0.5, 0.6) is 5.75 Å². The average Bonchev–Trinajstić information content (AvgIpc) is 3.39. The van der Waals surface area contributed by atoms with Gasteiger partial charge in [-0.3, -0.25) is 14.2 Å². The maximum absolute atomic E-state index is 13.8. The van der Waals surface area contributed by atoms with E-state index in [1.54, 1.807) is 30.1 Å². The van der Waals surface area contributed by atoms with E-state index in [4.69, 9.17) is 4.74 Å². The number of methoxy groups -OCH3 is 1. The van der Waals surface area contributed by atoms with E-state index >= 15 is 0 Å². The van der Waals surface area contributed by atoms with Gasteiger partial charge in [0.05, 0.1) is 12.5 Å². The Morgan fingerprint density at radius 2 is 2.06 bits per heavy atom. The van der Waals surface area contributed by atoms with Gasteiger partial charge in [0, 0.05) is 24.5 Å². The van der Waals surface area contributed by atoms with E-state index in [2.05, 4.69) is 5.10 Å². The summed E-state index contributed by atoms with van der Waals surface area (Å²) in [6.07, 6.45) is 3.54. The predicted octanol–water partition coefficient (Wildman–Crippen LogP) is 2.19. The maximum Gasteiger partial charge on any atom is 0.332 e. The number of nitrogens with zero attached hydrogens (tertiary/aromatic N) is 4. The summed E-state index contributed by atoms with van der Waals surface area (Å²) in [5.41, 5.74) is -0.272. The molecule has 3 heterocycles. The summed E-state index contributed by atoms with van der Waals surface area (Å²) < 4.78 is 22.7. The van der Waals surface area contributed by atoms with Crippen molar-refractivity contribution in [2.24, 2.45) is 0 Å². The fourth-order valence-corrected chi connectivity index (χ4v) is 4.90. The van der Waals surface area contributed by atoms with Crippen molar-refractivity contribution in [3.8, 4) is 10.8 Å². The van der Waals surface area contributed by atoms with E-state index in [9.17, 15) is 23.9 Å². The maximum atomic E-state index is 13.8. The molecule has 9 nitrogen and oxygen atoms in total. The Balaban J connectivity index is 1.91. The fourth-order valence-electron chi connectivity index (χ4n) is 3.64. The number of hydrogen-bond donors (Lipinski definition) is 1. The lowest BCUT2D eigenvalue weighted by atomic mass is 10.1. The number of fused-ring (bicyclic) bond motifs is 1. The third-order valence-corrected chi connectivity index (χ3v) is 6.43. The molecule has 11 heteroatoms. The van der Waals surface area contributed by atoms with Crippen molar-refractivity contribution >= 4 is 27.5 Å². The zero-order valence-electron chi connectivity index (χ0n) is 17.2. The van der Waals surface area contributed by atoms with Crippen LogP contribution in [-0.4, -0.2) is 37.1 Å². The number of halogens is 1. The summed E-state index contributed by atoms with van der Waals surface area (Å²) in [5, 5.41) is 14.3. The van der Waals surface area contributed by atoms with Crippen molar-refractivity contribution in [3.05, 3.63) is 74.4 Å². The second-order valence-electron chi connectivity index (χ2n) is 7.09. The van der Waals surface area contributed by atoms with Crippen molar-refractivity contribution in [2.45, 2.75) is 26.4 Å². The van der Waals surface area contributed by atoms with Gasteiger partial charge in [-0.2, -0.15) is 5.10 Å². The van der Waals surface area contributed by atoms with Gasteiger partial charge in [0.1, 0.15) is 27.9 Å². The number of carbonyl (C=O) groups is 1. The molecule has 0 amide bonds. The van der Waals surface area contributed by atoms with Crippen molar-refractivity contribution in [1.29, 1.82) is 0 Å². The molecule has 4 rings (SSSR count). The normalized spacial score (nSPS) is 11.2. The van der Waals surface area contributed by atoms with Crippen molar-refractivity contribution in [3.63, 3.8) is 0 Å². The number of aliphatic carboxylic acids is 1. The van der Waals surface area contributed by atoms with Crippen LogP contribution in [-0.2, 0) is 24.3 Å². The third-order valence-electron chi connectivity index (χ3n) is 5.12. The summed E-state index contributed by atoms with van der Waals surface area (Å²) in [4.78, 5) is 37.9. The monoisotopic (exact) mass is 458 g/mol. The van der Waals surface area contributed by atoms with Gasteiger partial charge in [-0.1, -0.05) is 11.3 Å². The number of rotatable bonds is 7. The summed E-state index contributed by atoms with van der Waals surface area (Å²) in [5.74, 6) is -1.28. The van der Waals surface area contributed by atoms with Crippen LogP contribution in [0.2, 0.25) is 0 Å². The summed E-state index contributed by atoms with van der Waals surface area (Å²) >= 11 is 1.21. The highest BCUT2D eigenvalue weighted by atomic mass is 32.1. The Labute approximate surface area is 184 Å². The molecule has 0 saturated carbocycles. The number of thiophene rings is 1. The Kier molecular flexibility index (Phi) is 5.66. The molecule has 0 aliphatic heterocycles. The third kappa shape index (κ3) is 3.71. The molecule has 4 aromatic rings. The highest BCUT2D eigenvalue weighted by Crippen LogP contribution is 2.31. The van der Waals surface area contributed by atoms with E-state index in [0.717, 1.165) is 0 Å². The van der Waals surface area contributed by atoms with Crippen LogP contribution in [0, 0.1) is 12.7 Å². The smallest absolute Gasteiger partial charge is 0.332 e. The molecule has 0 aliphatic carbocycles. The Morgan fingerprint density at radius 3 is 2.72 bits per heavy atom. The molecule has 1 aromatic carbocycles. The average molecular weight is 458 g/mol. The quantitative estimate of drug-likeness (QED) is 0.455. The molecule has 32 heavy (non-hydrogen) atoms. The van der Waals surface area contributed by atoms with Gasteiger partial charge in [0.25, 0.3) is 5.56 Å². The first kappa shape index (κ1) is 21.5. The minimum atomic E-state index is -1.30. The van der Waals surface area contributed by atoms with E-state index < -0.39 is 29.6 Å². The van der Waals surface area contributed by atoms with Gasteiger partial charge in [0.2, 0.25) is 0 Å². The molecule has 0 saturated heterocycles. The van der Waals surface area contributed by atoms with Crippen LogP contribution < -0.4 is 16.0 Å². The van der Waals surface area contributed by atoms with Gasteiger partial charge < -0.3 is 9.84 Å². The van der Waals surface area contributed by atoms with Crippen LogP contribution in [0.1, 0.15) is 11.1 Å². The first-order valence-corrected chi connectivity index (χ1v) is 10.4. The highest BCUT2D eigenvalue weighted by Gasteiger charge is 2.22. The second kappa shape index (κ2) is 8.42. The molecule has 0 spiro atoms. The molecule has 0 unspecified atom stereocenters. The SMILES string of the molecule is COc1ccc(F)cc1CCn1c(=O)n(CC(=O)O)c(=O)c2c(C)c(-n3cccn3)sc21. The topological polar surface area (TPSA) is 108 Å². The fraction of sp³-hybridized carbons (Fsp3) is 0.238. The number of carboxylic acid groups (broad SMARTS) is 1. The van der Waals surface area contributed by atoms with Gasteiger partial charge in [0.15, 0.2) is 0 Å². The number of carboxylic acids is 1. The van der Waals surface area contributed by atoms with Gasteiger partial charge in [-0.15, -0.1) is 0 Å². The van der Waals surface area contributed by atoms with Crippen LogP contribution in [0.4, 0.5) is 4.39 Å². The number of aryl methyl sites for hydroxylation is 3. The summed E-state index contributed by atoms with van der Waals surface area (Å²) in [7, 11) is 1.47. The van der Waals surface area contributed by atoms with Crippen LogP contribution in [0.15, 0.2) is 46.2 Å². The predicted molar refractivity (Wildman–Crippen MR) is 116 cm³/mol. The zero-order valence-corrected chi connectivity index (χ0v) is 18.1. The zero-order chi connectivity index (χ0) is 23.0.